The number of hydrogen-bond donors (Lipinski definition) is 2. The van der Waals surface area contributed by atoms with Gasteiger partial charge in [0, 0.05) is 4.88 Å². The molecule has 0 amide bonds. The molecule has 3 N–H and O–H groups in total. The van der Waals surface area contributed by atoms with E-state index in [2.05, 4.69) is 5.87 Å². The molecule has 0 aliphatic rings. The second-order valence-electron chi connectivity index (χ2n) is 3.23. The molecule has 0 aromatic carbocycles. The second kappa shape index (κ2) is 3.49. The summed E-state index contributed by atoms with van der Waals surface area (Å²) in [5.74, 6) is 3.19. The number of thiophene rings is 1. The predicted molar refractivity (Wildman–Crippen MR) is 56.7 cm³/mol. The molecule has 74 valence electrons. The molecule has 0 saturated carbocycles. The Labute approximate surface area is 83.3 Å². The van der Waals surface area contributed by atoms with Gasteiger partial charge in [0.2, 0.25) is 0 Å². The van der Waals surface area contributed by atoms with Gasteiger partial charge in [0.15, 0.2) is 0 Å². The Hall–Kier alpha value is -0.230. The van der Waals surface area contributed by atoms with Crippen LogP contribution in [0, 0.1) is 5.82 Å². The van der Waals surface area contributed by atoms with Crippen LogP contribution in [0.25, 0.3) is 0 Å². The summed E-state index contributed by atoms with van der Waals surface area (Å²) in [6.07, 6.45) is 0. The molecule has 0 radical (unpaired) electrons. The molecule has 0 aliphatic heterocycles. The third-order valence-electron chi connectivity index (χ3n) is 1.50. The highest BCUT2D eigenvalue weighted by atomic mass is 32.2. The molecule has 0 aliphatic carbocycles. The number of hydrogen-bond acceptors (Lipinski definition) is 3. The summed E-state index contributed by atoms with van der Waals surface area (Å²) in [6, 6.07) is 1.32. The molecule has 1 rings (SSSR count). The standard InChI is InChI=1S/C8H12FNOS2/c1-8(2,11)6-4-5(9)7(12-6)13(3)10/h4,11H,3,10H2,1-2H3. The average molecular weight is 221 g/mol. The number of aliphatic hydroxyl groups is 1. The minimum absolute atomic E-state index is 0.372. The van der Waals surface area contributed by atoms with Crippen LogP contribution >= 0.6 is 22.0 Å². The zero-order valence-corrected chi connectivity index (χ0v) is 9.14. The van der Waals surface area contributed by atoms with E-state index in [0.717, 1.165) is 0 Å². The second-order valence-corrected chi connectivity index (χ2v) is 5.81. The zero-order valence-electron chi connectivity index (χ0n) is 7.50. The monoisotopic (exact) mass is 221 g/mol. The normalized spacial score (nSPS) is 14.5. The molecular weight excluding hydrogens is 209 g/mol. The Morgan fingerprint density at radius 3 is 2.46 bits per heavy atom. The lowest BCUT2D eigenvalue weighted by Crippen LogP contribution is -2.12. The quantitative estimate of drug-likeness (QED) is 0.751. The van der Waals surface area contributed by atoms with Crippen molar-refractivity contribution in [1.29, 1.82) is 0 Å². The lowest BCUT2D eigenvalue weighted by atomic mass is 10.1. The van der Waals surface area contributed by atoms with Crippen molar-refractivity contribution >= 4 is 27.9 Å². The average Bonchev–Trinajstić information content (AvgIpc) is 2.29. The molecule has 0 saturated heterocycles. The fourth-order valence-electron chi connectivity index (χ4n) is 0.832. The van der Waals surface area contributed by atoms with Crippen LogP contribution < -0.4 is 5.14 Å². The van der Waals surface area contributed by atoms with Gasteiger partial charge in [-0.3, -0.25) is 5.14 Å². The molecule has 0 spiro atoms. The van der Waals surface area contributed by atoms with Crippen LogP contribution in [-0.4, -0.2) is 11.0 Å². The minimum Gasteiger partial charge on any atom is -0.385 e. The minimum atomic E-state index is -1.01. The van der Waals surface area contributed by atoms with Gasteiger partial charge in [0.05, 0.1) is 5.60 Å². The highest BCUT2D eigenvalue weighted by Gasteiger charge is 2.21. The third kappa shape index (κ3) is 2.37. The van der Waals surface area contributed by atoms with Gasteiger partial charge in [-0.2, -0.15) is 0 Å². The van der Waals surface area contributed by atoms with Crippen molar-refractivity contribution in [2.75, 3.05) is 0 Å². The van der Waals surface area contributed by atoms with Gasteiger partial charge in [0.1, 0.15) is 10.0 Å². The van der Waals surface area contributed by atoms with Crippen molar-refractivity contribution in [3.05, 3.63) is 16.8 Å². The van der Waals surface area contributed by atoms with E-state index in [1.165, 1.54) is 17.4 Å². The van der Waals surface area contributed by atoms with Crippen molar-refractivity contribution in [3.8, 4) is 0 Å². The van der Waals surface area contributed by atoms with Crippen molar-refractivity contribution < 1.29 is 9.50 Å². The maximum Gasteiger partial charge on any atom is 0.148 e. The predicted octanol–water partition coefficient (Wildman–Crippen LogP) is 2.05. The summed E-state index contributed by atoms with van der Waals surface area (Å²) < 4.78 is 13.6. The fourth-order valence-corrected chi connectivity index (χ4v) is 2.61. The van der Waals surface area contributed by atoms with Crippen LogP contribution in [0.5, 0.6) is 0 Å². The molecule has 1 aromatic rings. The Morgan fingerprint density at radius 2 is 2.23 bits per heavy atom. The van der Waals surface area contributed by atoms with E-state index in [4.69, 9.17) is 5.14 Å². The highest BCUT2D eigenvalue weighted by Crippen LogP contribution is 2.35. The molecule has 5 heteroatoms. The van der Waals surface area contributed by atoms with E-state index in [9.17, 15) is 9.50 Å². The SMILES string of the molecule is C=S(N)c1sc(C(C)(C)O)cc1F. The topological polar surface area (TPSA) is 46.2 Å². The van der Waals surface area contributed by atoms with E-state index in [1.807, 2.05) is 0 Å². The molecule has 13 heavy (non-hydrogen) atoms. The van der Waals surface area contributed by atoms with Crippen molar-refractivity contribution in [2.45, 2.75) is 23.7 Å². The van der Waals surface area contributed by atoms with Crippen LogP contribution in [0.1, 0.15) is 18.7 Å². The van der Waals surface area contributed by atoms with Gasteiger partial charge >= 0.3 is 0 Å². The molecule has 1 heterocycles. The van der Waals surface area contributed by atoms with Crippen LogP contribution in [0.15, 0.2) is 10.3 Å². The van der Waals surface area contributed by atoms with Gasteiger partial charge in [0.25, 0.3) is 0 Å². The number of rotatable bonds is 2. The summed E-state index contributed by atoms with van der Waals surface area (Å²) >= 11 is 1.17. The summed E-state index contributed by atoms with van der Waals surface area (Å²) in [5.41, 5.74) is -1.01. The number of halogens is 1. The first-order valence-electron chi connectivity index (χ1n) is 3.63. The molecular formula is C8H12FNOS2. The maximum atomic E-state index is 13.2. The zero-order chi connectivity index (χ0) is 10.2. The molecule has 1 aromatic heterocycles. The molecule has 1 atom stereocenters. The van der Waals surface area contributed by atoms with E-state index < -0.39 is 16.3 Å². The molecule has 1 unspecified atom stereocenters. The van der Waals surface area contributed by atoms with E-state index in [1.54, 1.807) is 13.8 Å². The highest BCUT2D eigenvalue weighted by molar-refractivity contribution is 8.13. The van der Waals surface area contributed by atoms with E-state index in [0.29, 0.717) is 9.09 Å². The number of nitrogens with two attached hydrogens (primary N) is 1. The van der Waals surface area contributed by atoms with Gasteiger partial charge in [-0.05, 0) is 19.9 Å². The Bertz CT molecular complexity index is 340. The Balaban J connectivity index is 3.17. The third-order valence-corrected chi connectivity index (χ3v) is 4.28. The van der Waals surface area contributed by atoms with Crippen molar-refractivity contribution in [3.63, 3.8) is 0 Å². The van der Waals surface area contributed by atoms with E-state index >= 15 is 0 Å². The summed E-state index contributed by atoms with van der Waals surface area (Å²) in [6.45, 7) is 3.22. The smallest absolute Gasteiger partial charge is 0.148 e. The Morgan fingerprint density at radius 1 is 1.69 bits per heavy atom. The van der Waals surface area contributed by atoms with Crippen LogP contribution in [0.3, 0.4) is 0 Å². The van der Waals surface area contributed by atoms with Crippen LogP contribution in [-0.2, 0) is 5.60 Å². The lowest BCUT2D eigenvalue weighted by Gasteiger charge is -2.13. The van der Waals surface area contributed by atoms with Crippen molar-refractivity contribution in [1.82, 2.24) is 0 Å². The summed E-state index contributed by atoms with van der Waals surface area (Å²) in [5, 5.41) is 15.1. The molecule has 2 nitrogen and oxygen atoms in total. The van der Waals surface area contributed by atoms with Crippen molar-refractivity contribution in [2.24, 2.45) is 5.14 Å². The first-order chi connectivity index (χ1) is 5.82. The van der Waals surface area contributed by atoms with Crippen LogP contribution in [0.2, 0.25) is 0 Å². The van der Waals surface area contributed by atoms with Gasteiger partial charge in [-0.1, -0.05) is 16.5 Å². The lowest BCUT2D eigenvalue weighted by molar-refractivity contribution is 0.0823. The molecule has 0 bridgehead atoms. The van der Waals surface area contributed by atoms with Gasteiger partial charge in [-0.15, -0.1) is 11.3 Å². The summed E-state index contributed by atoms with van der Waals surface area (Å²) in [7, 11) is -0.822. The fraction of sp³-hybridized carbons (Fsp3) is 0.375. The van der Waals surface area contributed by atoms with E-state index in [-0.39, 0.29) is 5.82 Å². The first kappa shape index (κ1) is 10.8. The maximum absolute atomic E-state index is 13.2. The summed E-state index contributed by atoms with van der Waals surface area (Å²) in [4.78, 5) is 0.576. The molecule has 0 fully saturated rings. The van der Waals surface area contributed by atoms with Gasteiger partial charge in [-0.25, -0.2) is 4.39 Å². The first-order valence-corrected chi connectivity index (χ1v) is 5.90. The Kier molecular flexibility index (Phi) is 2.91. The van der Waals surface area contributed by atoms with Crippen LogP contribution in [0.4, 0.5) is 4.39 Å². The van der Waals surface area contributed by atoms with Gasteiger partial charge < -0.3 is 5.11 Å². The largest absolute Gasteiger partial charge is 0.385 e.